The van der Waals surface area contributed by atoms with Gasteiger partial charge in [-0.15, -0.1) is 11.3 Å². The van der Waals surface area contributed by atoms with Crippen LogP contribution < -0.4 is 5.32 Å². The molecule has 0 saturated carbocycles. The second-order valence-electron chi connectivity index (χ2n) is 9.83. The predicted molar refractivity (Wildman–Crippen MR) is 139 cm³/mol. The van der Waals surface area contributed by atoms with Crippen molar-refractivity contribution in [2.45, 2.75) is 32.1 Å². The van der Waals surface area contributed by atoms with E-state index < -0.39 is 5.41 Å². The molecule has 3 heterocycles. The standard InChI is InChI=1S/C29H24N4OS/c1-17-26(33-14-8-7-13-24(33)30-17)23-16-35-28(31-23)32-27(34)29(2)15-22-18-9-3-5-11-20(18)25(29)21-12-6-4-10-19(21)22/h3-14,16,22,25H,15H2,1-2H3,(H,31,32,34)/t22?,25?,29-/m1/s1. The molecule has 0 spiro atoms. The van der Waals surface area contributed by atoms with Crippen molar-refractivity contribution in [1.29, 1.82) is 0 Å². The number of carbonyl (C=O) groups excluding carboxylic acids is 1. The van der Waals surface area contributed by atoms with Crippen LogP contribution in [0.25, 0.3) is 17.0 Å². The number of hydrogen-bond acceptors (Lipinski definition) is 4. The van der Waals surface area contributed by atoms with Crippen LogP contribution in [0.3, 0.4) is 0 Å². The molecule has 1 amide bonds. The molecule has 2 bridgehead atoms. The fraction of sp³-hybridized carbons (Fsp3) is 0.207. The van der Waals surface area contributed by atoms with Crippen molar-refractivity contribution < 1.29 is 4.79 Å². The van der Waals surface area contributed by atoms with Gasteiger partial charge in [-0.25, -0.2) is 9.97 Å². The number of imidazole rings is 1. The van der Waals surface area contributed by atoms with Gasteiger partial charge in [0.15, 0.2) is 5.13 Å². The number of fused-ring (bicyclic) bond motifs is 2. The lowest BCUT2D eigenvalue weighted by atomic mass is 9.52. The fourth-order valence-electron chi connectivity index (χ4n) is 6.29. The average Bonchev–Trinajstić information content (AvgIpc) is 3.46. The van der Waals surface area contributed by atoms with E-state index in [1.54, 1.807) is 0 Å². The van der Waals surface area contributed by atoms with Crippen LogP contribution in [0.1, 0.15) is 53.1 Å². The highest BCUT2D eigenvalue weighted by Crippen LogP contribution is 2.61. The molecule has 3 aromatic heterocycles. The lowest BCUT2D eigenvalue weighted by Crippen LogP contribution is -2.47. The molecule has 6 heteroatoms. The lowest BCUT2D eigenvalue weighted by Gasteiger charge is -2.50. The summed E-state index contributed by atoms with van der Waals surface area (Å²) in [6.45, 7) is 4.11. The van der Waals surface area contributed by atoms with E-state index in [1.807, 2.05) is 41.1 Å². The molecule has 5 nitrogen and oxygen atoms in total. The maximum Gasteiger partial charge on any atom is 0.233 e. The first-order chi connectivity index (χ1) is 17.0. The van der Waals surface area contributed by atoms with Crippen LogP contribution in [0.2, 0.25) is 0 Å². The number of nitrogens with one attached hydrogen (secondary N) is 1. The number of thiazole rings is 1. The molecule has 1 N–H and O–H groups in total. The van der Waals surface area contributed by atoms with Gasteiger partial charge in [0.05, 0.1) is 16.8 Å². The fourth-order valence-corrected chi connectivity index (χ4v) is 6.98. The molecule has 0 aliphatic heterocycles. The normalized spacial score (nSPS) is 22.1. The maximum absolute atomic E-state index is 13.9. The Balaban J connectivity index is 1.25. The van der Waals surface area contributed by atoms with E-state index in [0.717, 1.165) is 29.1 Å². The number of nitrogens with zero attached hydrogens (tertiary/aromatic N) is 3. The second kappa shape index (κ2) is 7.36. The first kappa shape index (κ1) is 20.6. The van der Waals surface area contributed by atoms with E-state index in [4.69, 9.17) is 4.98 Å². The Morgan fingerprint density at radius 2 is 1.63 bits per heavy atom. The van der Waals surface area contributed by atoms with Crippen molar-refractivity contribution in [3.05, 3.63) is 106 Å². The number of aryl methyl sites for hydroxylation is 1. The number of anilines is 1. The molecule has 172 valence electrons. The highest BCUT2D eigenvalue weighted by atomic mass is 32.1. The summed E-state index contributed by atoms with van der Waals surface area (Å²) in [6, 6.07) is 23.2. The van der Waals surface area contributed by atoms with E-state index in [2.05, 4.69) is 65.8 Å². The molecule has 8 rings (SSSR count). The summed E-state index contributed by atoms with van der Waals surface area (Å²) in [7, 11) is 0. The minimum Gasteiger partial charge on any atom is -0.301 e. The largest absolute Gasteiger partial charge is 0.301 e. The number of rotatable bonds is 3. The molecule has 35 heavy (non-hydrogen) atoms. The molecule has 1 atom stereocenters. The number of carbonyl (C=O) groups is 1. The first-order valence-corrected chi connectivity index (χ1v) is 12.8. The van der Waals surface area contributed by atoms with Crippen LogP contribution in [0, 0.1) is 12.3 Å². The zero-order valence-electron chi connectivity index (χ0n) is 19.5. The van der Waals surface area contributed by atoms with Gasteiger partial charge in [0.25, 0.3) is 0 Å². The highest BCUT2D eigenvalue weighted by molar-refractivity contribution is 7.14. The van der Waals surface area contributed by atoms with Gasteiger partial charge in [0, 0.05) is 23.4 Å². The Labute approximate surface area is 207 Å². The van der Waals surface area contributed by atoms with Gasteiger partial charge >= 0.3 is 0 Å². The summed E-state index contributed by atoms with van der Waals surface area (Å²) >= 11 is 1.46. The summed E-state index contributed by atoms with van der Waals surface area (Å²) in [5.41, 5.74) is 8.32. The van der Waals surface area contributed by atoms with Crippen LogP contribution in [0.5, 0.6) is 0 Å². The number of benzene rings is 2. The monoisotopic (exact) mass is 476 g/mol. The van der Waals surface area contributed by atoms with E-state index in [-0.39, 0.29) is 17.7 Å². The smallest absolute Gasteiger partial charge is 0.233 e. The van der Waals surface area contributed by atoms with Crippen molar-refractivity contribution in [3.8, 4) is 11.4 Å². The average molecular weight is 477 g/mol. The molecular formula is C29H24N4OS. The molecular weight excluding hydrogens is 452 g/mol. The maximum atomic E-state index is 13.9. The Morgan fingerprint density at radius 1 is 0.971 bits per heavy atom. The number of aromatic nitrogens is 3. The second-order valence-corrected chi connectivity index (χ2v) is 10.7. The molecule has 5 aromatic rings. The zero-order valence-corrected chi connectivity index (χ0v) is 20.3. The van der Waals surface area contributed by atoms with Crippen molar-refractivity contribution in [1.82, 2.24) is 14.4 Å². The van der Waals surface area contributed by atoms with Gasteiger partial charge in [-0.2, -0.15) is 0 Å². The summed E-state index contributed by atoms with van der Waals surface area (Å²) in [4.78, 5) is 23.4. The molecule has 0 radical (unpaired) electrons. The summed E-state index contributed by atoms with van der Waals surface area (Å²) < 4.78 is 2.05. The van der Waals surface area contributed by atoms with Gasteiger partial charge < -0.3 is 5.32 Å². The van der Waals surface area contributed by atoms with E-state index >= 15 is 0 Å². The van der Waals surface area contributed by atoms with Gasteiger partial charge in [0.1, 0.15) is 11.3 Å². The van der Waals surface area contributed by atoms with E-state index in [0.29, 0.717) is 5.13 Å². The molecule has 3 aliphatic rings. The topological polar surface area (TPSA) is 59.3 Å². The van der Waals surface area contributed by atoms with Crippen LogP contribution in [0.15, 0.2) is 78.3 Å². The zero-order chi connectivity index (χ0) is 23.7. The van der Waals surface area contributed by atoms with Crippen molar-refractivity contribution >= 4 is 28.0 Å². The molecule has 2 aromatic carbocycles. The Bertz CT molecular complexity index is 1590. The Hall–Kier alpha value is -3.77. The highest BCUT2D eigenvalue weighted by Gasteiger charge is 2.53. The van der Waals surface area contributed by atoms with Gasteiger partial charge in [-0.1, -0.05) is 54.6 Å². The summed E-state index contributed by atoms with van der Waals surface area (Å²) in [5, 5.41) is 5.81. The third kappa shape index (κ3) is 2.89. The van der Waals surface area contributed by atoms with E-state index in [9.17, 15) is 4.79 Å². The quantitative estimate of drug-likeness (QED) is 0.328. The summed E-state index contributed by atoms with van der Waals surface area (Å²) in [5.74, 6) is 0.295. The van der Waals surface area contributed by atoms with Crippen molar-refractivity contribution in [3.63, 3.8) is 0 Å². The molecule has 0 fully saturated rings. The Kier molecular flexibility index (Phi) is 4.33. The number of amides is 1. The number of hydrogen-bond donors (Lipinski definition) is 1. The molecule has 0 unspecified atom stereocenters. The summed E-state index contributed by atoms with van der Waals surface area (Å²) in [6.07, 6.45) is 2.79. The third-order valence-electron chi connectivity index (χ3n) is 7.82. The van der Waals surface area contributed by atoms with Gasteiger partial charge in [-0.05, 0) is 54.7 Å². The minimum atomic E-state index is -0.557. The van der Waals surface area contributed by atoms with Crippen LogP contribution in [0.4, 0.5) is 5.13 Å². The van der Waals surface area contributed by atoms with Crippen molar-refractivity contribution in [2.24, 2.45) is 5.41 Å². The SMILES string of the molecule is Cc1nc2ccccn2c1-c1csc(NC(=O)[C@]2(C)CC3c4ccccc4C2c2ccccc23)n1. The third-order valence-corrected chi connectivity index (χ3v) is 8.58. The van der Waals surface area contributed by atoms with Gasteiger partial charge in [0.2, 0.25) is 5.91 Å². The Morgan fingerprint density at radius 3 is 2.34 bits per heavy atom. The van der Waals surface area contributed by atoms with Crippen LogP contribution in [-0.2, 0) is 4.79 Å². The molecule has 3 aliphatic carbocycles. The van der Waals surface area contributed by atoms with E-state index in [1.165, 1.54) is 33.6 Å². The van der Waals surface area contributed by atoms with Crippen LogP contribution >= 0.6 is 11.3 Å². The number of pyridine rings is 1. The lowest BCUT2D eigenvalue weighted by molar-refractivity contribution is -0.126. The van der Waals surface area contributed by atoms with Crippen LogP contribution in [-0.4, -0.2) is 20.3 Å². The first-order valence-electron chi connectivity index (χ1n) is 11.9. The van der Waals surface area contributed by atoms with Crippen molar-refractivity contribution in [2.75, 3.05) is 5.32 Å². The van der Waals surface area contributed by atoms with Gasteiger partial charge in [-0.3, -0.25) is 9.20 Å². The minimum absolute atomic E-state index is 0.0281. The molecule has 0 saturated heterocycles. The predicted octanol–water partition coefficient (Wildman–Crippen LogP) is 6.39.